The first-order chi connectivity index (χ1) is 8.54. The third-order valence-corrected chi connectivity index (χ3v) is 2.79. The van der Waals surface area contributed by atoms with Gasteiger partial charge in [-0.2, -0.15) is 0 Å². The van der Waals surface area contributed by atoms with Crippen LogP contribution >= 0.6 is 15.9 Å². The quantitative estimate of drug-likeness (QED) is 0.818. The third-order valence-electron chi connectivity index (χ3n) is 2.17. The van der Waals surface area contributed by atoms with Crippen LogP contribution in [-0.4, -0.2) is 19.1 Å². The van der Waals surface area contributed by atoms with Crippen molar-refractivity contribution >= 4 is 21.8 Å². The number of carbonyl (C=O) groups excluding carboxylic acids is 1. The van der Waals surface area contributed by atoms with Crippen LogP contribution in [0.5, 0.6) is 5.75 Å². The molecule has 1 aromatic rings. The Kier molecular flexibility index (Phi) is 5.92. The highest BCUT2D eigenvalue weighted by Gasteiger charge is 2.08. The monoisotopic (exact) mass is 311 g/mol. The Morgan fingerprint density at radius 3 is 2.83 bits per heavy atom. The lowest BCUT2D eigenvalue weighted by Gasteiger charge is -2.11. The van der Waals surface area contributed by atoms with Gasteiger partial charge in [-0.15, -0.1) is 6.58 Å². The van der Waals surface area contributed by atoms with Crippen molar-refractivity contribution in [1.29, 1.82) is 0 Å². The van der Waals surface area contributed by atoms with Crippen molar-refractivity contribution in [3.63, 3.8) is 0 Å². The largest absolute Gasteiger partial charge is 0.492 e. The van der Waals surface area contributed by atoms with E-state index in [0.29, 0.717) is 24.6 Å². The van der Waals surface area contributed by atoms with Crippen molar-refractivity contribution in [2.24, 2.45) is 5.92 Å². The number of nitrogens with one attached hydrogen (secondary N) is 1. The van der Waals surface area contributed by atoms with Crippen molar-refractivity contribution in [3.05, 3.63) is 40.9 Å². The van der Waals surface area contributed by atoms with Gasteiger partial charge in [-0.05, 0) is 40.0 Å². The Morgan fingerprint density at radius 2 is 2.28 bits per heavy atom. The fourth-order valence-corrected chi connectivity index (χ4v) is 1.78. The van der Waals surface area contributed by atoms with Gasteiger partial charge in [0.2, 0.25) is 0 Å². The van der Waals surface area contributed by atoms with Gasteiger partial charge in [0.25, 0.3) is 5.91 Å². The standard InChI is InChI=1S/C14H18BrNO2/c1-4-7-16-14(17)11-5-6-13(12(15)8-11)18-9-10(2)3/h4-6,8,10H,1,7,9H2,2-3H3,(H,16,17). The molecule has 0 unspecified atom stereocenters. The average Bonchev–Trinajstić information content (AvgIpc) is 2.34. The van der Waals surface area contributed by atoms with Crippen LogP contribution in [0.25, 0.3) is 0 Å². The van der Waals surface area contributed by atoms with Gasteiger partial charge in [-0.3, -0.25) is 4.79 Å². The van der Waals surface area contributed by atoms with Crippen LogP contribution in [-0.2, 0) is 0 Å². The zero-order chi connectivity index (χ0) is 13.5. The third kappa shape index (κ3) is 4.53. The molecular weight excluding hydrogens is 294 g/mol. The normalized spacial score (nSPS) is 10.2. The van der Waals surface area contributed by atoms with Crippen LogP contribution in [0.3, 0.4) is 0 Å². The van der Waals surface area contributed by atoms with E-state index in [2.05, 4.69) is 41.7 Å². The molecule has 1 amide bonds. The van der Waals surface area contributed by atoms with Crippen molar-refractivity contribution in [3.8, 4) is 5.75 Å². The second-order valence-corrected chi connectivity index (χ2v) is 5.20. The van der Waals surface area contributed by atoms with Crippen LogP contribution in [0.4, 0.5) is 0 Å². The van der Waals surface area contributed by atoms with Crippen LogP contribution in [0.1, 0.15) is 24.2 Å². The van der Waals surface area contributed by atoms with Crippen LogP contribution in [0, 0.1) is 5.92 Å². The first-order valence-corrected chi connectivity index (χ1v) is 6.65. The smallest absolute Gasteiger partial charge is 0.251 e. The molecule has 1 rings (SSSR count). The maximum atomic E-state index is 11.7. The predicted octanol–water partition coefficient (Wildman–Crippen LogP) is 3.40. The predicted molar refractivity (Wildman–Crippen MR) is 77.0 cm³/mol. The Morgan fingerprint density at radius 1 is 1.56 bits per heavy atom. The van der Waals surface area contributed by atoms with E-state index in [-0.39, 0.29) is 5.91 Å². The fourth-order valence-electron chi connectivity index (χ4n) is 1.28. The van der Waals surface area contributed by atoms with E-state index in [0.717, 1.165) is 10.2 Å². The summed E-state index contributed by atoms with van der Waals surface area (Å²) in [6.45, 7) is 8.85. The minimum Gasteiger partial charge on any atom is -0.492 e. The lowest BCUT2D eigenvalue weighted by atomic mass is 10.2. The van der Waals surface area contributed by atoms with Gasteiger partial charge >= 0.3 is 0 Å². The molecule has 0 spiro atoms. The number of halogens is 1. The summed E-state index contributed by atoms with van der Waals surface area (Å²) in [5.41, 5.74) is 0.598. The van der Waals surface area contributed by atoms with Gasteiger partial charge in [0.05, 0.1) is 11.1 Å². The van der Waals surface area contributed by atoms with E-state index >= 15 is 0 Å². The van der Waals surface area contributed by atoms with Gasteiger partial charge in [0.1, 0.15) is 5.75 Å². The maximum absolute atomic E-state index is 11.7. The van der Waals surface area contributed by atoms with Crippen molar-refractivity contribution in [1.82, 2.24) is 5.32 Å². The summed E-state index contributed by atoms with van der Waals surface area (Å²) in [5, 5.41) is 2.73. The van der Waals surface area contributed by atoms with E-state index < -0.39 is 0 Å². The van der Waals surface area contributed by atoms with Crippen molar-refractivity contribution in [2.45, 2.75) is 13.8 Å². The van der Waals surface area contributed by atoms with Crippen LogP contribution in [0.15, 0.2) is 35.3 Å². The summed E-state index contributed by atoms with van der Waals surface area (Å²) >= 11 is 3.41. The molecule has 0 heterocycles. The summed E-state index contributed by atoms with van der Waals surface area (Å²) in [6.07, 6.45) is 1.65. The summed E-state index contributed by atoms with van der Waals surface area (Å²) in [6, 6.07) is 5.31. The molecule has 0 radical (unpaired) electrons. The molecule has 0 saturated carbocycles. The van der Waals surface area contributed by atoms with E-state index in [1.807, 2.05) is 0 Å². The number of amides is 1. The van der Waals surface area contributed by atoms with Crippen molar-refractivity contribution < 1.29 is 9.53 Å². The van der Waals surface area contributed by atoms with Gasteiger partial charge in [-0.1, -0.05) is 19.9 Å². The molecule has 3 nitrogen and oxygen atoms in total. The van der Waals surface area contributed by atoms with Crippen molar-refractivity contribution in [2.75, 3.05) is 13.2 Å². The molecule has 0 aliphatic heterocycles. The molecular formula is C14H18BrNO2. The zero-order valence-electron chi connectivity index (χ0n) is 10.7. The SMILES string of the molecule is C=CCNC(=O)c1ccc(OCC(C)C)c(Br)c1. The number of carbonyl (C=O) groups is 1. The highest BCUT2D eigenvalue weighted by atomic mass is 79.9. The van der Waals surface area contributed by atoms with Gasteiger partial charge < -0.3 is 10.1 Å². The van der Waals surface area contributed by atoms with Crippen LogP contribution in [0.2, 0.25) is 0 Å². The first kappa shape index (κ1) is 14.8. The fraction of sp³-hybridized carbons (Fsp3) is 0.357. The molecule has 0 saturated heterocycles. The number of hydrogen-bond acceptors (Lipinski definition) is 2. The Balaban J connectivity index is 2.72. The molecule has 0 aliphatic carbocycles. The lowest BCUT2D eigenvalue weighted by Crippen LogP contribution is -2.23. The van der Waals surface area contributed by atoms with Gasteiger partial charge in [-0.25, -0.2) is 0 Å². The van der Waals surface area contributed by atoms with Gasteiger partial charge in [0, 0.05) is 12.1 Å². The van der Waals surface area contributed by atoms with E-state index in [4.69, 9.17) is 4.74 Å². The number of benzene rings is 1. The Labute approximate surface area is 116 Å². The Bertz CT molecular complexity index is 430. The minimum atomic E-state index is -0.119. The molecule has 0 fully saturated rings. The first-order valence-electron chi connectivity index (χ1n) is 5.86. The average molecular weight is 312 g/mol. The summed E-state index contributed by atoms with van der Waals surface area (Å²) in [4.78, 5) is 11.7. The summed E-state index contributed by atoms with van der Waals surface area (Å²) < 4.78 is 6.41. The Hall–Kier alpha value is -1.29. The lowest BCUT2D eigenvalue weighted by molar-refractivity contribution is 0.0958. The second-order valence-electron chi connectivity index (χ2n) is 4.35. The molecule has 1 aromatic carbocycles. The topological polar surface area (TPSA) is 38.3 Å². The molecule has 98 valence electrons. The minimum absolute atomic E-state index is 0.119. The number of ether oxygens (including phenoxy) is 1. The molecule has 0 aliphatic rings. The van der Waals surface area contributed by atoms with E-state index in [9.17, 15) is 4.79 Å². The maximum Gasteiger partial charge on any atom is 0.251 e. The summed E-state index contributed by atoms with van der Waals surface area (Å²) in [5.74, 6) is 1.10. The van der Waals surface area contributed by atoms with E-state index in [1.54, 1.807) is 24.3 Å². The summed E-state index contributed by atoms with van der Waals surface area (Å²) in [7, 11) is 0. The number of hydrogen-bond donors (Lipinski definition) is 1. The van der Waals surface area contributed by atoms with Gasteiger partial charge in [0.15, 0.2) is 0 Å². The molecule has 18 heavy (non-hydrogen) atoms. The highest BCUT2D eigenvalue weighted by Crippen LogP contribution is 2.26. The number of rotatable bonds is 6. The van der Waals surface area contributed by atoms with Crippen LogP contribution < -0.4 is 10.1 Å². The zero-order valence-corrected chi connectivity index (χ0v) is 12.3. The highest BCUT2D eigenvalue weighted by molar-refractivity contribution is 9.10. The molecule has 4 heteroatoms. The molecule has 1 N–H and O–H groups in total. The molecule has 0 bridgehead atoms. The molecule has 0 aromatic heterocycles. The second kappa shape index (κ2) is 7.21. The van der Waals surface area contributed by atoms with E-state index in [1.165, 1.54) is 0 Å². The molecule has 0 atom stereocenters.